The molecule has 0 radical (unpaired) electrons. The average Bonchev–Trinajstić information content (AvgIpc) is 2.81. The van der Waals surface area contributed by atoms with Crippen molar-refractivity contribution in [3.8, 4) is 0 Å². The highest BCUT2D eigenvalue weighted by Gasteiger charge is 2.32. The first-order valence-corrected chi connectivity index (χ1v) is 7.39. The number of nitrogens with zero attached hydrogens (tertiary/aromatic N) is 1. The SMILES string of the molecule is NC(=O)C[C@@H]1CN(Cc2ccc(F)c3ccccc23)C[C@H]1O. The van der Waals surface area contributed by atoms with Gasteiger partial charge in [-0.05, 0) is 17.0 Å². The van der Waals surface area contributed by atoms with Gasteiger partial charge in [0.15, 0.2) is 0 Å². The minimum atomic E-state index is -0.542. The fourth-order valence-electron chi connectivity index (χ4n) is 3.23. The predicted molar refractivity (Wildman–Crippen MR) is 82.5 cm³/mol. The van der Waals surface area contributed by atoms with Gasteiger partial charge in [-0.3, -0.25) is 9.69 Å². The Bertz CT molecular complexity index is 704. The number of rotatable bonds is 4. The van der Waals surface area contributed by atoms with Crippen LogP contribution in [0.4, 0.5) is 4.39 Å². The molecule has 0 aromatic heterocycles. The molecule has 1 heterocycles. The molecule has 22 heavy (non-hydrogen) atoms. The number of aliphatic hydroxyl groups is 1. The first kappa shape index (κ1) is 14.9. The highest BCUT2D eigenvalue weighted by molar-refractivity contribution is 5.86. The number of amides is 1. The molecule has 0 spiro atoms. The molecule has 0 saturated carbocycles. The number of carbonyl (C=O) groups excluding carboxylic acids is 1. The van der Waals surface area contributed by atoms with Gasteiger partial charge in [0.2, 0.25) is 5.91 Å². The lowest BCUT2D eigenvalue weighted by atomic mass is 10.0. The number of fused-ring (bicyclic) bond motifs is 1. The maximum absolute atomic E-state index is 13.8. The van der Waals surface area contributed by atoms with Crippen molar-refractivity contribution in [2.75, 3.05) is 13.1 Å². The van der Waals surface area contributed by atoms with Crippen LogP contribution in [-0.4, -0.2) is 35.1 Å². The molecular formula is C17H19FN2O2. The van der Waals surface area contributed by atoms with Crippen LogP contribution in [0.15, 0.2) is 36.4 Å². The quantitative estimate of drug-likeness (QED) is 0.902. The summed E-state index contributed by atoms with van der Waals surface area (Å²) in [4.78, 5) is 13.1. The van der Waals surface area contributed by atoms with Crippen LogP contribution in [0.2, 0.25) is 0 Å². The van der Waals surface area contributed by atoms with E-state index >= 15 is 0 Å². The summed E-state index contributed by atoms with van der Waals surface area (Å²) < 4.78 is 13.8. The van der Waals surface area contributed by atoms with Crippen molar-refractivity contribution >= 4 is 16.7 Å². The molecule has 0 bridgehead atoms. The maximum Gasteiger partial charge on any atom is 0.217 e. The van der Waals surface area contributed by atoms with Crippen LogP contribution in [0.1, 0.15) is 12.0 Å². The zero-order valence-corrected chi connectivity index (χ0v) is 12.2. The van der Waals surface area contributed by atoms with Gasteiger partial charge in [-0.15, -0.1) is 0 Å². The van der Waals surface area contributed by atoms with Crippen molar-refractivity contribution < 1.29 is 14.3 Å². The number of likely N-dealkylation sites (tertiary alicyclic amines) is 1. The topological polar surface area (TPSA) is 66.6 Å². The Hall–Kier alpha value is -1.98. The highest BCUT2D eigenvalue weighted by atomic mass is 19.1. The second-order valence-electron chi connectivity index (χ2n) is 5.94. The zero-order valence-electron chi connectivity index (χ0n) is 12.2. The lowest BCUT2D eigenvalue weighted by molar-refractivity contribution is -0.119. The summed E-state index contributed by atoms with van der Waals surface area (Å²) in [5.74, 6) is -0.741. The first-order valence-electron chi connectivity index (χ1n) is 7.39. The van der Waals surface area contributed by atoms with Crippen molar-refractivity contribution in [2.24, 2.45) is 11.7 Å². The third-order valence-corrected chi connectivity index (χ3v) is 4.30. The normalized spacial score (nSPS) is 22.3. The van der Waals surface area contributed by atoms with Gasteiger partial charge in [0.05, 0.1) is 6.10 Å². The monoisotopic (exact) mass is 302 g/mol. The van der Waals surface area contributed by atoms with Crippen molar-refractivity contribution in [2.45, 2.75) is 19.1 Å². The number of aliphatic hydroxyl groups excluding tert-OH is 1. The van der Waals surface area contributed by atoms with E-state index in [0.717, 1.165) is 10.9 Å². The van der Waals surface area contributed by atoms with E-state index in [0.29, 0.717) is 25.0 Å². The van der Waals surface area contributed by atoms with E-state index in [9.17, 15) is 14.3 Å². The van der Waals surface area contributed by atoms with E-state index < -0.39 is 12.0 Å². The largest absolute Gasteiger partial charge is 0.391 e. The molecule has 4 nitrogen and oxygen atoms in total. The molecule has 3 N–H and O–H groups in total. The van der Waals surface area contributed by atoms with Crippen molar-refractivity contribution in [3.63, 3.8) is 0 Å². The summed E-state index contributed by atoms with van der Waals surface area (Å²) in [6.45, 7) is 1.74. The third-order valence-electron chi connectivity index (χ3n) is 4.30. The number of benzene rings is 2. The Balaban J connectivity index is 1.80. The van der Waals surface area contributed by atoms with E-state index in [2.05, 4.69) is 4.90 Å². The summed E-state index contributed by atoms with van der Waals surface area (Å²) in [5.41, 5.74) is 6.23. The van der Waals surface area contributed by atoms with Gasteiger partial charge in [-0.1, -0.05) is 30.3 Å². The number of hydrogen-bond acceptors (Lipinski definition) is 3. The van der Waals surface area contributed by atoms with E-state index in [1.807, 2.05) is 18.2 Å². The number of nitrogens with two attached hydrogens (primary N) is 1. The standard InChI is InChI=1S/C17H19FN2O2/c18-15-6-5-11(13-3-1-2-4-14(13)15)8-20-9-12(7-17(19)22)16(21)10-20/h1-6,12,16,21H,7-10H2,(H2,19,22)/t12-,16-/m1/s1. The minimum absolute atomic E-state index is 0.121. The Morgan fingerprint density at radius 2 is 1.95 bits per heavy atom. The fraction of sp³-hybridized carbons (Fsp3) is 0.353. The second-order valence-corrected chi connectivity index (χ2v) is 5.94. The van der Waals surface area contributed by atoms with Gasteiger partial charge in [0.1, 0.15) is 5.82 Å². The summed E-state index contributed by atoms with van der Waals surface area (Å²) in [5, 5.41) is 11.5. The van der Waals surface area contributed by atoms with Crippen LogP contribution in [0.5, 0.6) is 0 Å². The van der Waals surface area contributed by atoms with Crippen LogP contribution in [-0.2, 0) is 11.3 Å². The van der Waals surface area contributed by atoms with Gasteiger partial charge >= 0.3 is 0 Å². The van der Waals surface area contributed by atoms with Crippen molar-refractivity contribution in [1.82, 2.24) is 4.90 Å². The summed E-state index contributed by atoms with van der Waals surface area (Å²) in [6.07, 6.45) is -0.346. The smallest absolute Gasteiger partial charge is 0.217 e. The molecule has 1 aliphatic rings. The van der Waals surface area contributed by atoms with Crippen LogP contribution < -0.4 is 5.73 Å². The molecule has 1 aliphatic heterocycles. The van der Waals surface area contributed by atoms with Crippen LogP contribution in [0, 0.1) is 11.7 Å². The number of primary amides is 1. The molecule has 116 valence electrons. The summed E-state index contributed by atoms with van der Waals surface area (Å²) in [7, 11) is 0. The highest BCUT2D eigenvalue weighted by Crippen LogP contribution is 2.26. The third kappa shape index (κ3) is 2.96. The van der Waals surface area contributed by atoms with Crippen LogP contribution in [0.25, 0.3) is 10.8 Å². The van der Waals surface area contributed by atoms with E-state index in [1.54, 1.807) is 12.1 Å². The molecule has 1 amide bonds. The Labute approximate surface area is 128 Å². The Morgan fingerprint density at radius 3 is 2.68 bits per heavy atom. The van der Waals surface area contributed by atoms with Gasteiger partial charge in [-0.25, -0.2) is 4.39 Å². The average molecular weight is 302 g/mol. The molecule has 0 unspecified atom stereocenters. The molecule has 0 aliphatic carbocycles. The number of hydrogen-bond donors (Lipinski definition) is 2. The molecule has 1 saturated heterocycles. The lowest BCUT2D eigenvalue weighted by Crippen LogP contribution is -2.24. The maximum atomic E-state index is 13.8. The summed E-state index contributed by atoms with van der Waals surface area (Å²) in [6, 6.07) is 10.6. The zero-order chi connectivity index (χ0) is 15.7. The molecule has 5 heteroatoms. The Kier molecular flexibility index (Phi) is 4.09. The van der Waals surface area contributed by atoms with Gasteiger partial charge in [0.25, 0.3) is 0 Å². The number of β-amino-alcohol motifs (C(OH)–C–C–N with tert-alkyl or cyclic N) is 1. The molecule has 2 aromatic carbocycles. The van der Waals surface area contributed by atoms with E-state index in [-0.39, 0.29) is 18.2 Å². The Morgan fingerprint density at radius 1 is 1.23 bits per heavy atom. The lowest BCUT2D eigenvalue weighted by Gasteiger charge is -2.17. The molecule has 1 fully saturated rings. The molecular weight excluding hydrogens is 283 g/mol. The van der Waals surface area contributed by atoms with Gasteiger partial charge in [0, 0.05) is 37.4 Å². The van der Waals surface area contributed by atoms with E-state index in [4.69, 9.17) is 5.73 Å². The molecule has 2 aromatic rings. The van der Waals surface area contributed by atoms with Crippen LogP contribution >= 0.6 is 0 Å². The molecule has 2 atom stereocenters. The minimum Gasteiger partial charge on any atom is -0.391 e. The van der Waals surface area contributed by atoms with Gasteiger partial charge in [-0.2, -0.15) is 0 Å². The van der Waals surface area contributed by atoms with Gasteiger partial charge < -0.3 is 10.8 Å². The number of carbonyl (C=O) groups is 1. The first-order chi connectivity index (χ1) is 10.5. The summed E-state index contributed by atoms with van der Waals surface area (Å²) >= 11 is 0. The number of halogens is 1. The second kappa shape index (κ2) is 6.02. The van der Waals surface area contributed by atoms with Crippen LogP contribution in [0.3, 0.4) is 0 Å². The van der Waals surface area contributed by atoms with Crippen molar-refractivity contribution in [1.29, 1.82) is 0 Å². The predicted octanol–water partition coefficient (Wildman–Crippen LogP) is 1.65. The van der Waals surface area contributed by atoms with E-state index in [1.165, 1.54) is 6.07 Å². The molecule has 3 rings (SSSR count). The van der Waals surface area contributed by atoms with Crippen molar-refractivity contribution in [3.05, 3.63) is 47.8 Å². The fourth-order valence-corrected chi connectivity index (χ4v) is 3.23.